The molecule has 0 bridgehead atoms. The highest BCUT2D eigenvalue weighted by atomic mass is 17.3. The second kappa shape index (κ2) is 6.14. The van der Waals surface area contributed by atoms with Gasteiger partial charge in [0.25, 0.3) is 0 Å². The Kier molecular flexibility index (Phi) is 6.08. The van der Waals surface area contributed by atoms with Crippen molar-refractivity contribution in [2.24, 2.45) is 10.8 Å². The molecule has 0 aromatic heterocycles. The minimum atomic E-state index is -0.906. The lowest BCUT2D eigenvalue weighted by Crippen LogP contribution is -2.31. The highest BCUT2D eigenvalue weighted by Gasteiger charge is 2.25. The summed E-state index contributed by atoms with van der Waals surface area (Å²) < 4.78 is 0. The van der Waals surface area contributed by atoms with Crippen LogP contribution in [0, 0.1) is 10.8 Å². The predicted molar refractivity (Wildman–Crippen MR) is 67.1 cm³/mol. The molecule has 0 unspecified atom stereocenters. The zero-order valence-corrected chi connectivity index (χ0v) is 12.5. The van der Waals surface area contributed by atoms with Crippen molar-refractivity contribution in [1.29, 1.82) is 0 Å². The van der Waals surface area contributed by atoms with Crippen LogP contribution in [0.1, 0.15) is 55.4 Å². The van der Waals surface area contributed by atoms with Gasteiger partial charge in [0.05, 0.1) is 13.2 Å². The Morgan fingerprint density at radius 1 is 0.588 bits per heavy atom. The van der Waals surface area contributed by atoms with Gasteiger partial charge in [0.1, 0.15) is 0 Å². The fourth-order valence-electron chi connectivity index (χ4n) is 0.710. The largest absolute Gasteiger partial charge is 0.233 e. The van der Waals surface area contributed by atoms with Gasteiger partial charge < -0.3 is 0 Å². The van der Waals surface area contributed by atoms with E-state index in [2.05, 4.69) is 41.5 Å². The monoisotopic (exact) mass is 248 g/mol. The van der Waals surface area contributed by atoms with Crippen LogP contribution in [-0.4, -0.2) is 19.0 Å². The molecule has 0 radical (unpaired) electrons. The van der Waals surface area contributed by atoms with Crippen molar-refractivity contribution in [3.8, 4) is 0 Å². The van der Waals surface area contributed by atoms with Gasteiger partial charge >= 0.3 is 0 Å². The summed E-state index contributed by atoms with van der Waals surface area (Å²) in [5.41, 5.74) is 0.116. The Morgan fingerprint density at radius 2 is 0.882 bits per heavy atom. The molecule has 0 aliphatic heterocycles. The Balaban J connectivity index is 3.81. The van der Waals surface area contributed by atoms with Crippen LogP contribution >= 0.6 is 0 Å². The standard InChI is InChI=1S/C13H28O4/c1-11(2,3)9-14-16-13(7,8)17-15-10-12(4,5)6/h9-10H2,1-8H3. The van der Waals surface area contributed by atoms with E-state index in [1.54, 1.807) is 13.8 Å². The van der Waals surface area contributed by atoms with E-state index in [0.29, 0.717) is 13.2 Å². The van der Waals surface area contributed by atoms with Crippen LogP contribution < -0.4 is 0 Å². The lowest BCUT2D eigenvalue weighted by atomic mass is 9.99. The quantitative estimate of drug-likeness (QED) is 0.408. The van der Waals surface area contributed by atoms with Crippen LogP contribution in [0.5, 0.6) is 0 Å². The van der Waals surface area contributed by atoms with E-state index in [1.807, 2.05) is 0 Å². The van der Waals surface area contributed by atoms with Crippen molar-refractivity contribution in [3.63, 3.8) is 0 Å². The smallest absolute Gasteiger partial charge is 0.228 e. The third-order valence-electron chi connectivity index (χ3n) is 1.50. The zero-order chi connectivity index (χ0) is 13.7. The highest BCUT2D eigenvalue weighted by Crippen LogP contribution is 2.19. The average molecular weight is 248 g/mol. The van der Waals surface area contributed by atoms with Crippen molar-refractivity contribution < 1.29 is 19.6 Å². The van der Waals surface area contributed by atoms with Crippen molar-refractivity contribution in [2.45, 2.75) is 61.2 Å². The molecular weight excluding hydrogens is 220 g/mol. The van der Waals surface area contributed by atoms with Gasteiger partial charge in [0.15, 0.2) is 0 Å². The van der Waals surface area contributed by atoms with Gasteiger partial charge in [0, 0.05) is 0 Å². The summed E-state index contributed by atoms with van der Waals surface area (Å²) >= 11 is 0. The van der Waals surface area contributed by atoms with Crippen LogP contribution in [0.3, 0.4) is 0 Å². The molecule has 4 heteroatoms. The summed E-state index contributed by atoms with van der Waals surface area (Å²) in [5, 5.41) is 0. The van der Waals surface area contributed by atoms with Gasteiger partial charge in [-0.3, -0.25) is 0 Å². The minimum Gasteiger partial charge on any atom is -0.233 e. The molecule has 0 saturated heterocycles. The molecule has 0 aliphatic rings. The second-order valence-corrected chi connectivity index (χ2v) is 7.21. The zero-order valence-electron chi connectivity index (χ0n) is 12.5. The molecule has 0 aromatic rings. The van der Waals surface area contributed by atoms with Crippen molar-refractivity contribution in [2.75, 3.05) is 13.2 Å². The molecule has 0 heterocycles. The Bertz CT molecular complexity index is 188. The summed E-state index contributed by atoms with van der Waals surface area (Å²) in [4.78, 5) is 20.6. The van der Waals surface area contributed by atoms with Crippen LogP contribution in [-0.2, 0) is 19.6 Å². The van der Waals surface area contributed by atoms with Gasteiger partial charge in [-0.2, -0.15) is 9.78 Å². The SMILES string of the molecule is CC(C)(C)COOC(C)(C)OOCC(C)(C)C. The molecule has 0 atom stereocenters. The van der Waals surface area contributed by atoms with Crippen molar-refractivity contribution in [1.82, 2.24) is 0 Å². The minimum absolute atomic E-state index is 0.0579. The molecule has 104 valence electrons. The number of hydrogen-bond donors (Lipinski definition) is 0. The maximum atomic E-state index is 5.17. The Hall–Kier alpha value is -0.160. The molecule has 0 N–H and O–H groups in total. The summed E-state index contributed by atoms with van der Waals surface area (Å²) in [7, 11) is 0. The van der Waals surface area contributed by atoms with Crippen molar-refractivity contribution in [3.05, 3.63) is 0 Å². The summed E-state index contributed by atoms with van der Waals surface area (Å²) in [6.07, 6.45) is 0. The van der Waals surface area contributed by atoms with Crippen molar-refractivity contribution >= 4 is 0 Å². The lowest BCUT2D eigenvalue weighted by molar-refractivity contribution is -0.506. The highest BCUT2D eigenvalue weighted by molar-refractivity contribution is 4.58. The fourth-order valence-corrected chi connectivity index (χ4v) is 0.710. The first-order valence-electron chi connectivity index (χ1n) is 6.03. The normalized spacial score (nSPS) is 14.1. The maximum absolute atomic E-state index is 5.17. The first-order valence-corrected chi connectivity index (χ1v) is 6.03. The fraction of sp³-hybridized carbons (Fsp3) is 1.00. The van der Waals surface area contributed by atoms with E-state index in [4.69, 9.17) is 19.6 Å². The Labute approximate surface area is 105 Å². The van der Waals surface area contributed by atoms with Crippen LogP contribution in [0.15, 0.2) is 0 Å². The molecule has 0 fully saturated rings. The topological polar surface area (TPSA) is 36.9 Å². The molecule has 0 saturated carbocycles. The van der Waals surface area contributed by atoms with E-state index in [1.165, 1.54) is 0 Å². The average Bonchev–Trinajstić information content (AvgIpc) is 1.96. The molecule has 0 aromatic carbocycles. The van der Waals surface area contributed by atoms with Crippen LogP contribution in [0.2, 0.25) is 0 Å². The summed E-state index contributed by atoms with van der Waals surface area (Å²) in [6, 6.07) is 0. The van der Waals surface area contributed by atoms with Gasteiger partial charge in [-0.15, -0.1) is 0 Å². The number of rotatable bonds is 6. The molecule has 0 spiro atoms. The van der Waals surface area contributed by atoms with E-state index in [9.17, 15) is 0 Å². The third kappa shape index (κ3) is 12.1. The maximum Gasteiger partial charge on any atom is 0.228 e. The number of hydrogen-bond acceptors (Lipinski definition) is 4. The Morgan fingerprint density at radius 3 is 1.12 bits per heavy atom. The van der Waals surface area contributed by atoms with Crippen LogP contribution in [0.25, 0.3) is 0 Å². The summed E-state index contributed by atoms with van der Waals surface area (Å²) in [6.45, 7) is 16.9. The summed E-state index contributed by atoms with van der Waals surface area (Å²) in [5.74, 6) is -0.906. The first kappa shape index (κ1) is 16.8. The van der Waals surface area contributed by atoms with Gasteiger partial charge in [-0.05, 0) is 24.7 Å². The van der Waals surface area contributed by atoms with Gasteiger partial charge in [-0.1, -0.05) is 41.5 Å². The van der Waals surface area contributed by atoms with E-state index in [-0.39, 0.29) is 10.8 Å². The van der Waals surface area contributed by atoms with Crippen LogP contribution in [0.4, 0.5) is 0 Å². The molecule has 4 nitrogen and oxygen atoms in total. The van der Waals surface area contributed by atoms with E-state index >= 15 is 0 Å². The second-order valence-electron chi connectivity index (χ2n) is 7.21. The predicted octanol–water partition coefficient (Wildman–Crippen LogP) is 3.71. The molecule has 0 amide bonds. The van der Waals surface area contributed by atoms with Gasteiger partial charge in [0.2, 0.25) is 5.79 Å². The third-order valence-corrected chi connectivity index (χ3v) is 1.50. The molecule has 0 aliphatic carbocycles. The van der Waals surface area contributed by atoms with E-state index < -0.39 is 5.79 Å². The first-order chi connectivity index (χ1) is 7.41. The molecular formula is C13H28O4. The molecule has 17 heavy (non-hydrogen) atoms. The molecule has 0 rings (SSSR count). The lowest BCUT2D eigenvalue weighted by Gasteiger charge is -2.26. The van der Waals surface area contributed by atoms with Gasteiger partial charge in [-0.25, -0.2) is 9.78 Å². The van der Waals surface area contributed by atoms with E-state index in [0.717, 1.165) is 0 Å².